The van der Waals surface area contributed by atoms with Gasteiger partial charge in [0, 0.05) is 31.7 Å². The summed E-state index contributed by atoms with van der Waals surface area (Å²) >= 11 is 0. The van der Waals surface area contributed by atoms with Crippen molar-refractivity contribution in [1.82, 2.24) is 9.80 Å². The molecule has 3 aromatic carbocycles. The third-order valence-corrected chi connectivity index (χ3v) is 5.84. The van der Waals surface area contributed by atoms with Crippen LogP contribution in [0.5, 0.6) is 5.75 Å². The SMILES string of the molecule is COc1ccc2cc([C@@H](C)C(=O)N3CCN(C(=O)c4ccccc4)CC3)ccc2c1. The van der Waals surface area contributed by atoms with Crippen LogP contribution in [0.25, 0.3) is 10.8 Å². The fourth-order valence-electron chi connectivity index (χ4n) is 3.95. The Morgan fingerprint density at radius 1 is 0.833 bits per heavy atom. The van der Waals surface area contributed by atoms with E-state index in [1.807, 2.05) is 77.4 Å². The van der Waals surface area contributed by atoms with Crippen LogP contribution in [0, 0.1) is 0 Å². The lowest BCUT2D eigenvalue weighted by Gasteiger charge is -2.36. The zero-order valence-electron chi connectivity index (χ0n) is 17.4. The van der Waals surface area contributed by atoms with Crippen molar-refractivity contribution < 1.29 is 14.3 Å². The van der Waals surface area contributed by atoms with Crippen molar-refractivity contribution in [2.75, 3.05) is 33.3 Å². The van der Waals surface area contributed by atoms with E-state index in [0.29, 0.717) is 31.7 Å². The zero-order valence-corrected chi connectivity index (χ0v) is 17.4. The van der Waals surface area contributed by atoms with Gasteiger partial charge in [0.2, 0.25) is 5.91 Å². The lowest BCUT2D eigenvalue weighted by Crippen LogP contribution is -2.51. The summed E-state index contributed by atoms with van der Waals surface area (Å²) in [6.07, 6.45) is 0. The Bertz CT molecular complexity index is 1060. The van der Waals surface area contributed by atoms with Crippen molar-refractivity contribution >= 4 is 22.6 Å². The fraction of sp³-hybridized carbons (Fsp3) is 0.280. The molecule has 1 fully saturated rings. The predicted octanol–water partition coefficient (Wildman–Crippen LogP) is 3.94. The number of hydrogen-bond donors (Lipinski definition) is 0. The molecule has 4 rings (SSSR count). The molecule has 5 heteroatoms. The average Bonchev–Trinajstić information content (AvgIpc) is 2.82. The van der Waals surface area contributed by atoms with E-state index >= 15 is 0 Å². The minimum Gasteiger partial charge on any atom is -0.497 e. The van der Waals surface area contributed by atoms with Gasteiger partial charge in [-0.3, -0.25) is 9.59 Å². The molecule has 30 heavy (non-hydrogen) atoms. The molecule has 0 N–H and O–H groups in total. The number of carbonyl (C=O) groups is 2. The van der Waals surface area contributed by atoms with Crippen molar-refractivity contribution in [1.29, 1.82) is 0 Å². The molecule has 154 valence electrons. The highest BCUT2D eigenvalue weighted by molar-refractivity contribution is 5.94. The van der Waals surface area contributed by atoms with Crippen molar-refractivity contribution in [2.45, 2.75) is 12.8 Å². The molecule has 1 aliphatic rings. The smallest absolute Gasteiger partial charge is 0.253 e. The molecule has 0 unspecified atom stereocenters. The van der Waals surface area contributed by atoms with Crippen LogP contribution in [-0.4, -0.2) is 54.9 Å². The van der Waals surface area contributed by atoms with Crippen LogP contribution in [0.3, 0.4) is 0 Å². The van der Waals surface area contributed by atoms with Gasteiger partial charge in [0.1, 0.15) is 5.75 Å². The number of methoxy groups -OCH3 is 1. The summed E-state index contributed by atoms with van der Waals surface area (Å²) in [5.74, 6) is 0.727. The quantitative estimate of drug-likeness (QED) is 0.664. The lowest BCUT2D eigenvalue weighted by atomic mass is 9.96. The summed E-state index contributed by atoms with van der Waals surface area (Å²) < 4.78 is 5.28. The zero-order chi connectivity index (χ0) is 21.1. The second-order valence-electron chi connectivity index (χ2n) is 7.68. The highest BCUT2D eigenvalue weighted by Crippen LogP contribution is 2.26. The minimum absolute atomic E-state index is 0.0284. The molecule has 0 spiro atoms. The van der Waals surface area contributed by atoms with Crippen molar-refractivity contribution in [3.8, 4) is 5.75 Å². The normalized spacial score (nSPS) is 15.1. The molecule has 0 radical (unpaired) electrons. The Morgan fingerprint density at radius 3 is 2.17 bits per heavy atom. The highest BCUT2D eigenvalue weighted by atomic mass is 16.5. The minimum atomic E-state index is -0.229. The number of benzene rings is 3. The van der Waals surface area contributed by atoms with E-state index in [4.69, 9.17) is 4.74 Å². The highest BCUT2D eigenvalue weighted by Gasteiger charge is 2.28. The molecule has 0 bridgehead atoms. The first-order valence-electron chi connectivity index (χ1n) is 10.3. The van der Waals surface area contributed by atoms with Gasteiger partial charge in [-0.1, -0.05) is 42.5 Å². The molecular weight excluding hydrogens is 376 g/mol. The Kier molecular flexibility index (Phi) is 5.70. The third kappa shape index (κ3) is 4.01. The number of amides is 2. The number of hydrogen-bond acceptors (Lipinski definition) is 3. The predicted molar refractivity (Wildman–Crippen MR) is 118 cm³/mol. The molecule has 2 amide bonds. The topological polar surface area (TPSA) is 49.9 Å². The van der Waals surface area contributed by atoms with E-state index in [1.54, 1.807) is 7.11 Å². The Hall–Kier alpha value is -3.34. The number of ether oxygens (including phenoxy) is 1. The lowest BCUT2D eigenvalue weighted by molar-refractivity contribution is -0.133. The van der Waals surface area contributed by atoms with Crippen molar-refractivity contribution in [3.63, 3.8) is 0 Å². The number of nitrogens with zero attached hydrogens (tertiary/aromatic N) is 2. The Morgan fingerprint density at radius 2 is 1.47 bits per heavy atom. The van der Waals surface area contributed by atoms with Gasteiger partial charge in [0.05, 0.1) is 13.0 Å². The van der Waals surface area contributed by atoms with Crippen LogP contribution < -0.4 is 4.74 Å². The molecule has 0 aliphatic carbocycles. The summed E-state index contributed by atoms with van der Waals surface area (Å²) in [5.41, 5.74) is 1.69. The summed E-state index contributed by atoms with van der Waals surface area (Å²) in [6, 6.07) is 21.4. The molecule has 1 heterocycles. The maximum atomic E-state index is 13.1. The van der Waals surface area contributed by atoms with E-state index in [0.717, 1.165) is 22.1 Å². The van der Waals surface area contributed by atoms with Crippen LogP contribution in [0.15, 0.2) is 66.7 Å². The summed E-state index contributed by atoms with van der Waals surface area (Å²) in [6.45, 7) is 4.20. The van der Waals surface area contributed by atoms with E-state index in [9.17, 15) is 9.59 Å². The van der Waals surface area contributed by atoms with E-state index < -0.39 is 0 Å². The number of carbonyl (C=O) groups excluding carboxylic acids is 2. The van der Waals surface area contributed by atoms with Crippen LogP contribution in [0.2, 0.25) is 0 Å². The van der Waals surface area contributed by atoms with Crippen LogP contribution >= 0.6 is 0 Å². The van der Waals surface area contributed by atoms with Gasteiger partial charge in [-0.2, -0.15) is 0 Å². The first-order chi connectivity index (χ1) is 14.6. The first-order valence-corrected chi connectivity index (χ1v) is 10.3. The van der Waals surface area contributed by atoms with Gasteiger partial charge >= 0.3 is 0 Å². The van der Waals surface area contributed by atoms with Gasteiger partial charge in [-0.05, 0) is 47.5 Å². The summed E-state index contributed by atoms with van der Waals surface area (Å²) in [5, 5.41) is 2.18. The second kappa shape index (κ2) is 8.57. The van der Waals surface area contributed by atoms with E-state index in [2.05, 4.69) is 6.07 Å². The van der Waals surface area contributed by atoms with Crippen LogP contribution in [0.4, 0.5) is 0 Å². The van der Waals surface area contributed by atoms with Crippen LogP contribution in [0.1, 0.15) is 28.8 Å². The van der Waals surface area contributed by atoms with Gasteiger partial charge in [0.15, 0.2) is 0 Å². The monoisotopic (exact) mass is 402 g/mol. The maximum absolute atomic E-state index is 13.1. The van der Waals surface area contributed by atoms with Gasteiger partial charge in [0.25, 0.3) is 5.91 Å². The molecule has 0 aromatic heterocycles. The Balaban J connectivity index is 1.41. The first kappa shape index (κ1) is 20.0. The van der Waals surface area contributed by atoms with Crippen LogP contribution in [-0.2, 0) is 4.79 Å². The standard InChI is InChI=1S/C25H26N2O3/c1-18(20-8-9-22-17-23(30-2)11-10-21(22)16-20)24(28)26-12-14-27(15-13-26)25(29)19-6-4-3-5-7-19/h3-11,16-18H,12-15H2,1-2H3/t18-/m1/s1. The second-order valence-corrected chi connectivity index (χ2v) is 7.68. The third-order valence-electron chi connectivity index (χ3n) is 5.84. The molecule has 1 aliphatic heterocycles. The molecule has 0 saturated carbocycles. The molecular formula is C25H26N2O3. The Labute approximate surface area is 176 Å². The number of fused-ring (bicyclic) bond motifs is 1. The number of piperazine rings is 1. The van der Waals surface area contributed by atoms with Gasteiger partial charge in [-0.25, -0.2) is 0 Å². The van der Waals surface area contributed by atoms with Gasteiger partial charge < -0.3 is 14.5 Å². The maximum Gasteiger partial charge on any atom is 0.253 e. The average molecular weight is 402 g/mol. The largest absolute Gasteiger partial charge is 0.497 e. The molecule has 3 aromatic rings. The molecule has 1 saturated heterocycles. The van der Waals surface area contributed by atoms with Crippen molar-refractivity contribution in [3.05, 3.63) is 77.9 Å². The summed E-state index contributed by atoms with van der Waals surface area (Å²) in [7, 11) is 1.66. The summed E-state index contributed by atoms with van der Waals surface area (Å²) in [4.78, 5) is 29.4. The van der Waals surface area contributed by atoms with E-state index in [1.165, 1.54) is 0 Å². The number of rotatable bonds is 4. The van der Waals surface area contributed by atoms with E-state index in [-0.39, 0.29) is 17.7 Å². The van der Waals surface area contributed by atoms with Gasteiger partial charge in [-0.15, -0.1) is 0 Å². The molecule has 5 nitrogen and oxygen atoms in total. The molecule has 1 atom stereocenters. The fourth-order valence-corrected chi connectivity index (χ4v) is 3.95. The van der Waals surface area contributed by atoms with Crippen molar-refractivity contribution in [2.24, 2.45) is 0 Å².